The normalized spacial score (nSPS) is 12.6. The summed E-state index contributed by atoms with van der Waals surface area (Å²) < 4.78 is 1.37. The number of allylic oxidation sites excluding steroid dienone is 2. The number of carbonyl (C=O) groups excluding carboxylic acids is 1. The van der Waals surface area contributed by atoms with Gasteiger partial charge in [-0.05, 0) is 97.6 Å². The van der Waals surface area contributed by atoms with Crippen molar-refractivity contribution in [2.75, 3.05) is 0 Å². The summed E-state index contributed by atoms with van der Waals surface area (Å²) in [5.74, 6) is 0.950. The van der Waals surface area contributed by atoms with Crippen molar-refractivity contribution >= 4 is 59.5 Å². The minimum Gasteiger partial charge on any atom is -0.512 e. The van der Waals surface area contributed by atoms with E-state index in [4.69, 9.17) is 4.98 Å². The summed E-state index contributed by atoms with van der Waals surface area (Å²) in [5.41, 5.74) is 6.68. The van der Waals surface area contributed by atoms with Gasteiger partial charge in [-0.15, -0.1) is 51.8 Å². The molecule has 301 valence electrons. The molecule has 6 heteroatoms. The molecule has 6 rings (SSSR count). The van der Waals surface area contributed by atoms with Crippen molar-refractivity contribution in [1.29, 1.82) is 0 Å². The van der Waals surface area contributed by atoms with E-state index in [1.165, 1.54) is 58.9 Å². The van der Waals surface area contributed by atoms with Crippen LogP contribution in [0.1, 0.15) is 123 Å². The van der Waals surface area contributed by atoms with Crippen LogP contribution in [-0.4, -0.2) is 15.9 Å². The molecule has 0 atom stereocenters. The van der Waals surface area contributed by atoms with E-state index >= 15 is 0 Å². The number of fused-ring (bicyclic) bond motifs is 3. The predicted molar refractivity (Wildman–Crippen MR) is 242 cm³/mol. The summed E-state index contributed by atoms with van der Waals surface area (Å²) in [4.78, 5) is 21.3. The monoisotopic (exact) mass is 965 g/mol. The van der Waals surface area contributed by atoms with Gasteiger partial charge in [0.25, 0.3) is 0 Å². The Labute approximate surface area is 358 Å². The number of hydrogen-bond donors (Lipinski definition) is 1. The van der Waals surface area contributed by atoms with Crippen molar-refractivity contribution in [2.45, 2.75) is 128 Å². The fourth-order valence-electron chi connectivity index (χ4n) is 7.16. The van der Waals surface area contributed by atoms with Crippen LogP contribution in [0.5, 0.6) is 0 Å². The fraction of sp³-hybridized carbons (Fsp3) is 0.440. The number of aliphatic hydroxyl groups excluding tert-OH is 1. The predicted octanol–water partition coefficient (Wildman–Crippen LogP) is 15.6. The standard InChI is InChI=1S/C35H34NS2.C15H28O2.Ir/c1-20(2)14-27-17-26-16-24(12-13-32(26)38-27)29-19-31(36-34-33(29)21(3)22(4)37-34)25-15-23-10-8-9-11-28(23)30(18-25)35(5,6)7;1-7-14(5,8-2)12(16)11-13(17)15(6,9-3)10-4;/h8-13,16-20H,14H2,1-7H3;11,16H,7-10H2,1-6H3;/q-1;;/b;12-11-;. The number of aliphatic hydroxyl groups is 1. The Morgan fingerprint density at radius 1 is 0.857 bits per heavy atom. The summed E-state index contributed by atoms with van der Waals surface area (Å²) in [6.45, 7) is 28.0. The zero-order valence-electron chi connectivity index (χ0n) is 35.9. The van der Waals surface area contributed by atoms with Crippen LogP contribution >= 0.6 is 22.7 Å². The van der Waals surface area contributed by atoms with Gasteiger partial charge in [0.05, 0.1) is 0 Å². The molecule has 0 aliphatic heterocycles. The molecule has 1 radical (unpaired) electrons. The average molecular weight is 965 g/mol. The van der Waals surface area contributed by atoms with E-state index in [2.05, 4.69) is 115 Å². The summed E-state index contributed by atoms with van der Waals surface area (Å²) >= 11 is 3.73. The fourth-order valence-corrected chi connectivity index (χ4v) is 9.47. The Hall–Kier alpha value is -3.15. The molecule has 0 aliphatic carbocycles. The summed E-state index contributed by atoms with van der Waals surface area (Å²) in [6.07, 6.45) is 5.89. The average Bonchev–Trinajstić information content (AvgIpc) is 3.70. The number of benzene rings is 3. The van der Waals surface area contributed by atoms with Gasteiger partial charge in [0, 0.05) is 62.5 Å². The van der Waals surface area contributed by atoms with Crippen LogP contribution in [0, 0.1) is 36.7 Å². The first-order chi connectivity index (χ1) is 25.9. The van der Waals surface area contributed by atoms with Crippen LogP contribution in [0.3, 0.4) is 0 Å². The van der Waals surface area contributed by atoms with Crippen LogP contribution in [0.4, 0.5) is 0 Å². The van der Waals surface area contributed by atoms with Gasteiger partial charge < -0.3 is 5.11 Å². The second kappa shape index (κ2) is 18.2. The van der Waals surface area contributed by atoms with E-state index in [0.29, 0.717) is 5.92 Å². The van der Waals surface area contributed by atoms with Gasteiger partial charge in [-0.2, -0.15) is 0 Å². The van der Waals surface area contributed by atoms with E-state index in [0.717, 1.165) is 53.6 Å². The maximum atomic E-state index is 12.2. The Morgan fingerprint density at radius 2 is 1.50 bits per heavy atom. The number of ketones is 1. The largest absolute Gasteiger partial charge is 0.512 e. The van der Waals surface area contributed by atoms with E-state index in [1.807, 2.05) is 52.9 Å². The number of rotatable bonds is 11. The number of nitrogens with zero attached hydrogens (tertiary/aromatic N) is 1. The molecule has 0 unspecified atom stereocenters. The minimum absolute atomic E-state index is 0. The Balaban J connectivity index is 0.000000330. The van der Waals surface area contributed by atoms with Gasteiger partial charge in [-0.25, -0.2) is 0 Å². The Kier molecular flexibility index (Phi) is 14.8. The molecule has 0 saturated heterocycles. The van der Waals surface area contributed by atoms with Crippen molar-refractivity contribution in [1.82, 2.24) is 4.98 Å². The van der Waals surface area contributed by atoms with Gasteiger partial charge in [-0.1, -0.05) is 117 Å². The molecule has 0 spiro atoms. The van der Waals surface area contributed by atoms with Gasteiger partial charge in [-0.3, -0.25) is 9.78 Å². The van der Waals surface area contributed by atoms with Gasteiger partial charge in [0.2, 0.25) is 0 Å². The summed E-state index contributed by atoms with van der Waals surface area (Å²) in [6, 6.07) is 26.3. The molecule has 3 aromatic carbocycles. The molecule has 6 aromatic rings. The van der Waals surface area contributed by atoms with Crippen LogP contribution in [0.15, 0.2) is 72.5 Å². The van der Waals surface area contributed by atoms with Crippen LogP contribution in [0.25, 0.3) is 53.5 Å². The summed E-state index contributed by atoms with van der Waals surface area (Å²) in [7, 11) is 0. The molecule has 0 aliphatic rings. The first-order valence-electron chi connectivity index (χ1n) is 20.2. The molecule has 1 N–H and O–H groups in total. The van der Waals surface area contributed by atoms with Gasteiger partial charge >= 0.3 is 0 Å². The third kappa shape index (κ3) is 9.58. The Morgan fingerprint density at radius 3 is 2.11 bits per heavy atom. The second-order valence-electron chi connectivity index (χ2n) is 17.4. The van der Waals surface area contributed by atoms with Gasteiger partial charge in [0.15, 0.2) is 5.78 Å². The number of thiophene rings is 2. The van der Waals surface area contributed by atoms with Crippen LogP contribution < -0.4 is 0 Å². The zero-order valence-corrected chi connectivity index (χ0v) is 39.9. The first kappa shape index (κ1) is 45.6. The number of pyridine rings is 1. The summed E-state index contributed by atoms with van der Waals surface area (Å²) in [5, 5.41) is 15.2. The van der Waals surface area contributed by atoms with Crippen molar-refractivity contribution in [3.05, 3.63) is 99.4 Å². The van der Waals surface area contributed by atoms with E-state index in [-0.39, 0.29) is 47.9 Å². The maximum absolute atomic E-state index is 12.2. The van der Waals surface area contributed by atoms with E-state index in [9.17, 15) is 9.90 Å². The molecule has 3 aromatic heterocycles. The molecular weight excluding hydrogens is 903 g/mol. The first-order valence-corrected chi connectivity index (χ1v) is 21.9. The molecule has 56 heavy (non-hydrogen) atoms. The Bertz CT molecular complexity index is 2340. The molecule has 0 bridgehead atoms. The van der Waals surface area contributed by atoms with Crippen LogP contribution in [0.2, 0.25) is 0 Å². The molecule has 3 heterocycles. The molecule has 0 saturated carbocycles. The van der Waals surface area contributed by atoms with Crippen LogP contribution in [-0.2, 0) is 36.7 Å². The number of carbonyl (C=O) groups is 1. The SMILES string of the molecule is CCC(C)(CC)C(=O)/C=C(\O)C(C)(CC)CC.Cc1sc2nc(-c3[c-]c4ccccc4c(C(C)(C)C)c3)cc(-c3ccc4sc(CC(C)C)cc4c3)c2c1C.[Ir]. The number of aryl methyl sites for hydroxylation is 2. The van der Waals surface area contributed by atoms with Crippen molar-refractivity contribution in [3.63, 3.8) is 0 Å². The quantitative estimate of drug-likeness (QED) is 0.0800. The minimum atomic E-state index is -0.337. The van der Waals surface area contributed by atoms with Crippen molar-refractivity contribution in [3.8, 4) is 22.4 Å². The second-order valence-corrected chi connectivity index (χ2v) is 19.8. The molecule has 0 fully saturated rings. The smallest absolute Gasteiger partial charge is 0.164 e. The van der Waals surface area contributed by atoms with Crippen molar-refractivity contribution in [2.24, 2.45) is 16.7 Å². The third-order valence-electron chi connectivity index (χ3n) is 12.1. The number of hydrogen-bond acceptors (Lipinski definition) is 5. The molecular formula is C50H62IrNO2S2-. The molecule has 3 nitrogen and oxygen atoms in total. The zero-order chi connectivity index (χ0) is 40.5. The maximum Gasteiger partial charge on any atom is 0.164 e. The van der Waals surface area contributed by atoms with E-state index < -0.39 is 0 Å². The van der Waals surface area contributed by atoms with Gasteiger partial charge in [0.1, 0.15) is 10.6 Å². The number of aromatic nitrogens is 1. The van der Waals surface area contributed by atoms with Crippen molar-refractivity contribution < 1.29 is 30.0 Å². The van der Waals surface area contributed by atoms with E-state index in [1.54, 1.807) is 11.3 Å². The third-order valence-corrected chi connectivity index (χ3v) is 14.3. The molecule has 0 amide bonds. The topological polar surface area (TPSA) is 50.2 Å².